The van der Waals surface area contributed by atoms with Gasteiger partial charge in [-0.3, -0.25) is 14.4 Å². The Hall–Kier alpha value is -3.85. The molecule has 0 radical (unpaired) electrons. The highest BCUT2D eigenvalue weighted by Crippen LogP contribution is 2.55. The molecular weight excluding hydrogens is 629 g/mol. The maximum Gasteiger partial charge on any atom is 0.460 e. The van der Waals surface area contributed by atoms with E-state index >= 15 is 0 Å². The number of rotatable bonds is 10. The molecule has 1 aliphatic rings. The highest BCUT2D eigenvalue weighted by molar-refractivity contribution is 7.87. The number of hydrogen-bond acceptors (Lipinski definition) is 7. The molecule has 0 unspecified atom stereocenters. The molecule has 1 heterocycles. The van der Waals surface area contributed by atoms with Crippen LogP contribution in [0.4, 0.5) is 39.5 Å². The molecule has 0 saturated carbocycles. The Balaban J connectivity index is 1.93. The average Bonchev–Trinajstić information content (AvgIpc) is 2.91. The van der Waals surface area contributed by atoms with Gasteiger partial charge in [-0.1, -0.05) is 43.7 Å². The molecule has 2 aromatic carbocycles. The van der Waals surface area contributed by atoms with Gasteiger partial charge in [0, 0.05) is 17.4 Å². The van der Waals surface area contributed by atoms with Crippen molar-refractivity contribution in [2.45, 2.75) is 55.9 Å². The highest BCUT2D eigenvalue weighted by Gasteiger charge is 2.86. The number of nitrogens with zero attached hydrogens (tertiary/aromatic N) is 1. The largest absolute Gasteiger partial charge is 0.460 e. The Kier molecular flexibility index (Phi) is 9.14. The molecule has 0 aliphatic carbocycles. The van der Waals surface area contributed by atoms with Gasteiger partial charge >= 0.3 is 39.4 Å². The quantitative estimate of drug-likeness (QED) is 0.109. The molecule has 43 heavy (non-hydrogen) atoms. The summed E-state index contributed by atoms with van der Waals surface area (Å²) in [5.74, 6) is -14.3. The Bertz CT molecular complexity index is 1600. The predicted octanol–water partition coefficient (Wildman–Crippen LogP) is 5.60. The third kappa shape index (κ3) is 5.87. The van der Waals surface area contributed by atoms with Crippen LogP contribution in [-0.2, 0) is 23.9 Å². The second kappa shape index (κ2) is 11.7. The van der Waals surface area contributed by atoms with Crippen molar-refractivity contribution in [1.29, 1.82) is 0 Å². The number of hydroxylamine groups is 2. The zero-order valence-electron chi connectivity index (χ0n) is 21.5. The van der Waals surface area contributed by atoms with E-state index in [1.807, 2.05) is 6.92 Å². The van der Waals surface area contributed by atoms with Crippen molar-refractivity contribution in [3.8, 4) is 11.8 Å². The first-order chi connectivity index (χ1) is 19.7. The summed E-state index contributed by atoms with van der Waals surface area (Å²) >= 11 is 0. The second-order valence-corrected chi connectivity index (χ2v) is 10.5. The molecule has 18 heteroatoms. The molecule has 2 amide bonds. The second-order valence-electron chi connectivity index (χ2n) is 8.91. The Labute approximate surface area is 236 Å². The van der Waals surface area contributed by atoms with Gasteiger partial charge in [-0.15, -0.1) is 9.35 Å². The van der Waals surface area contributed by atoms with Crippen molar-refractivity contribution in [2.75, 3.05) is 6.61 Å². The first-order valence-corrected chi connectivity index (χ1v) is 13.4. The molecular formula is C25H18F9NO7S. The minimum atomic E-state index is -7.64. The van der Waals surface area contributed by atoms with E-state index in [1.54, 1.807) is 0 Å². The fraction of sp³-hybridized carbons (Fsp3) is 0.400. The van der Waals surface area contributed by atoms with Gasteiger partial charge in [0.2, 0.25) is 0 Å². The van der Waals surface area contributed by atoms with Crippen LogP contribution in [0.15, 0.2) is 30.3 Å². The zero-order valence-corrected chi connectivity index (χ0v) is 22.4. The van der Waals surface area contributed by atoms with Crippen molar-refractivity contribution < 1.29 is 71.3 Å². The summed E-state index contributed by atoms with van der Waals surface area (Å²) in [4.78, 5) is 37.4. The lowest BCUT2D eigenvalue weighted by Gasteiger charge is -2.33. The lowest BCUT2D eigenvalue weighted by Crippen LogP contribution is -2.64. The molecule has 0 saturated heterocycles. The lowest BCUT2D eigenvalue weighted by molar-refractivity contribution is -0.383. The van der Waals surface area contributed by atoms with E-state index in [0.717, 1.165) is 37.1 Å². The standard InChI is InChI=1S/C25H18F9NO7S/c1-2-3-4-10-18(36)41-13-6-7-14-11-12-17-19-15(14)8-5-9-16(19)20(37)35(21(17)38)42-43(39,40)25(33,34)23(28,29)22(26,27)24(30,31)32/h5,8-9,11-12H,2-4,10,13H2,1H3. The third-order valence-electron chi connectivity index (χ3n) is 5.99. The normalized spacial score (nSPS) is 14.5. The van der Waals surface area contributed by atoms with E-state index in [9.17, 15) is 62.3 Å². The Morgan fingerprint density at radius 1 is 0.884 bits per heavy atom. The first kappa shape index (κ1) is 33.6. The Morgan fingerprint density at radius 2 is 1.49 bits per heavy atom. The SMILES string of the molecule is CCCCCC(=O)OCC#Cc1ccc2c3c(cccc13)C(=O)N(OS(=O)(=O)C(F)(F)C(F)(F)C(F)(F)C(F)(F)F)C2=O. The molecule has 0 fully saturated rings. The number of benzene rings is 2. The van der Waals surface area contributed by atoms with E-state index in [-0.39, 0.29) is 29.4 Å². The van der Waals surface area contributed by atoms with Gasteiger partial charge in [-0.2, -0.15) is 47.9 Å². The smallest absolute Gasteiger partial charge is 0.452 e. The van der Waals surface area contributed by atoms with Gasteiger partial charge < -0.3 is 4.74 Å². The van der Waals surface area contributed by atoms with E-state index in [1.165, 1.54) is 6.07 Å². The summed E-state index contributed by atoms with van der Waals surface area (Å²) in [6.07, 6.45) is -4.86. The minimum absolute atomic E-state index is 0.0580. The molecule has 234 valence electrons. The van der Waals surface area contributed by atoms with Crippen molar-refractivity contribution in [1.82, 2.24) is 5.06 Å². The van der Waals surface area contributed by atoms with Crippen LogP contribution in [0.2, 0.25) is 0 Å². The summed E-state index contributed by atoms with van der Waals surface area (Å²) in [6.45, 7) is 1.61. The first-order valence-electron chi connectivity index (χ1n) is 12.0. The van der Waals surface area contributed by atoms with Crippen LogP contribution < -0.4 is 0 Å². The molecule has 1 aliphatic heterocycles. The summed E-state index contributed by atoms with van der Waals surface area (Å²) in [5.41, 5.74) is -1.14. The number of unbranched alkanes of at least 4 members (excludes halogenated alkanes) is 2. The summed E-state index contributed by atoms with van der Waals surface area (Å²) < 4.78 is 152. The van der Waals surface area contributed by atoms with Gasteiger partial charge in [-0.05, 0) is 30.0 Å². The number of hydrogen-bond donors (Lipinski definition) is 0. The molecule has 8 nitrogen and oxygen atoms in total. The molecule has 0 atom stereocenters. The van der Waals surface area contributed by atoms with Crippen LogP contribution >= 0.6 is 0 Å². The molecule has 2 aromatic rings. The predicted molar refractivity (Wildman–Crippen MR) is 127 cm³/mol. The van der Waals surface area contributed by atoms with Gasteiger partial charge in [-0.25, -0.2) is 0 Å². The van der Waals surface area contributed by atoms with Gasteiger partial charge in [0.15, 0.2) is 6.61 Å². The molecule has 0 aromatic heterocycles. The van der Waals surface area contributed by atoms with Gasteiger partial charge in [0.05, 0.1) is 11.1 Å². The van der Waals surface area contributed by atoms with Crippen LogP contribution in [-0.4, -0.2) is 61.1 Å². The van der Waals surface area contributed by atoms with Crippen molar-refractivity contribution in [3.05, 3.63) is 47.0 Å². The number of alkyl halides is 9. The maximum absolute atomic E-state index is 14.1. The van der Waals surface area contributed by atoms with E-state index in [2.05, 4.69) is 16.1 Å². The van der Waals surface area contributed by atoms with Crippen LogP contribution in [0.5, 0.6) is 0 Å². The number of ether oxygens (including phenoxy) is 1. The number of imide groups is 1. The van der Waals surface area contributed by atoms with Gasteiger partial charge in [0.1, 0.15) is 0 Å². The average molecular weight is 647 g/mol. The number of amides is 2. The Morgan fingerprint density at radius 3 is 2.07 bits per heavy atom. The fourth-order valence-electron chi connectivity index (χ4n) is 3.75. The maximum atomic E-state index is 14.1. The molecule has 0 bridgehead atoms. The summed E-state index contributed by atoms with van der Waals surface area (Å²) in [5, 5.41) is -8.46. The number of esters is 1. The minimum Gasteiger partial charge on any atom is -0.452 e. The van der Waals surface area contributed by atoms with Crippen LogP contribution in [0.1, 0.15) is 58.9 Å². The van der Waals surface area contributed by atoms with Crippen LogP contribution in [0.3, 0.4) is 0 Å². The topological polar surface area (TPSA) is 107 Å². The number of carbonyl (C=O) groups excluding carboxylic acids is 3. The van der Waals surface area contributed by atoms with E-state index < -0.39 is 67.4 Å². The van der Waals surface area contributed by atoms with E-state index in [0.29, 0.717) is 6.42 Å². The zero-order chi connectivity index (χ0) is 32.6. The highest BCUT2D eigenvalue weighted by atomic mass is 32.2. The van der Waals surface area contributed by atoms with E-state index in [4.69, 9.17) is 4.74 Å². The number of carbonyl (C=O) groups is 3. The third-order valence-corrected chi connectivity index (χ3v) is 7.22. The van der Waals surface area contributed by atoms with Crippen molar-refractivity contribution in [3.63, 3.8) is 0 Å². The van der Waals surface area contributed by atoms with Crippen molar-refractivity contribution in [2.24, 2.45) is 0 Å². The number of halogens is 9. The van der Waals surface area contributed by atoms with Gasteiger partial charge in [0.25, 0.3) is 11.8 Å². The fourth-order valence-corrected chi connectivity index (χ4v) is 4.62. The summed E-state index contributed by atoms with van der Waals surface area (Å²) in [7, 11) is -7.58. The molecule has 0 N–H and O–H groups in total. The molecule has 3 rings (SSSR count). The summed E-state index contributed by atoms with van der Waals surface area (Å²) in [6, 6.07) is 5.42. The van der Waals surface area contributed by atoms with Crippen LogP contribution in [0, 0.1) is 11.8 Å². The lowest BCUT2D eigenvalue weighted by atomic mass is 9.92. The van der Waals surface area contributed by atoms with Crippen molar-refractivity contribution >= 4 is 38.7 Å². The monoisotopic (exact) mass is 647 g/mol. The molecule has 0 spiro atoms. The van der Waals surface area contributed by atoms with Crippen LogP contribution in [0.25, 0.3) is 10.8 Å².